The van der Waals surface area contributed by atoms with Gasteiger partial charge in [0.25, 0.3) is 0 Å². The van der Waals surface area contributed by atoms with Crippen molar-refractivity contribution in [2.45, 2.75) is 52.2 Å². The van der Waals surface area contributed by atoms with Crippen LogP contribution < -0.4 is 11.1 Å². The van der Waals surface area contributed by atoms with Gasteiger partial charge in [-0.1, -0.05) is 27.2 Å². The number of aliphatic hydroxyl groups is 1. The molecule has 0 aromatic heterocycles. The fraction of sp³-hybridized carbons (Fsp3) is 0.917. The molecule has 0 saturated heterocycles. The number of nitrogens with one attached hydrogen (secondary N) is 1. The summed E-state index contributed by atoms with van der Waals surface area (Å²) in [7, 11) is 0. The molecule has 1 saturated carbocycles. The van der Waals surface area contributed by atoms with Crippen molar-refractivity contribution >= 4 is 5.91 Å². The summed E-state index contributed by atoms with van der Waals surface area (Å²) in [5, 5.41) is 12.5. The van der Waals surface area contributed by atoms with E-state index in [2.05, 4.69) is 5.32 Å². The number of aliphatic hydroxyl groups excluding tert-OH is 1. The molecule has 4 N–H and O–H groups in total. The third kappa shape index (κ3) is 3.46. The molecule has 4 heteroatoms. The lowest BCUT2D eigenvalue weighted by Gasteiger charge is -2.26. The van der Waals surface area contributed by atoms with Crippen LogP contribution in [0.2, 0.25) is 0 Å². The maximum Gasteiger partial charge on any atom is 0.237 e. The number of nitrogens with two attached hydrogens (primary N) is 1. The second-order valence-electron chi connectivity index (χ2n) is 5.85. The zero-order valence-electron chi connectivity index (χ0n) is 10.5. The van der Waals surface area contributed by atoms with Crippen LogP contribution in [0.4, 0.5) is 0 Å². The highest BCUT2D eigenvalue weighted by molar-refractivity contribution is 5.82. The second kappa shape index (κ2) is 5.15. The Balaban J connectivity index is 2.35. The van der Waals surface area contributed by atoms with Crippen LogP contribution in [0.15, 0.2) is 0 Å². The SMILES string of the molecule is CC(C)(C)[C@H](N)C(=O)NCC1CCCC1O. The van der Waals surface area contributed by atoms with Crippen LogP contribution in [0.3, 0.4) is 0 Å². The molecule has 0 spiro atoms. The number of hydrogen-bond donors (Lipinski definition) is 3. The molecule has 3 atom stereocenters. The van der Waals surface area contributed by atoms with Crippen LogP contribution in [0.5, 0.6) is 0 Å². The maximum atomic E-state index is 11.7. The van der Waals surface area contributed by atoms with E-state index < -0.39 is 6.04 Å². The summed E-state index contributed by atoms with van der Waals surface area (Å²) in [6.07, 6.45) is 2.64. The highest BCUT2D eigenvalue weighted by Gasteiger charge is 2.29. The normalized spacial score (nSPS) is 27.8. The van der Waals surface area contributed by atoms with Crippen molar-refractivity contribution in [3.05, 3.63) is 0 Å². The van der Waals surface area contributed by atoms with Crippen molar-refractivity contribution in [3.63, 3.8) is 0 Å². The molecule has 1 fully saturated rings. The van der Waals surface area contributed by atoms with Gasteiger partial charge in [0.2, 0.25) is 5.91 Å². The highest BCUT2D eigenvalue weighted by Crippen LogP contribution is 2.25. The van der Waals surface area contributed by atoms with E-state index in [9.17, 15) is 9.90 Å². The molecule has 0 aliphatic heterocycles. The molecule has 16 heavy (non-hydrogen) atoms. The molecule has 0 radical (unpaired) electrons. The van der Waals surface area contributed by atoms with E-state index in [1.54, 1.807) is 0 Å². The predicted molar refractivity (Wildman–Crippen MR) is 63.8 cm³/mol. The predicted octanol–water partition coefficient (Wildman–Crippen LogP) is 0.637. The Morgan fingerprint density at radius 1 is 1.50 bits per heavy atom. The van der Waals surface area contributed by atoms with Gasteiger partial charge in [-0.15, -0.1) is 0 Å². The summed E-state index contributed by atoms with van der Waals surface area (Å²) in [4.78, 5) is 11.7. The van der Waals surface area contributed by atoms with Gasteiger partial charge in [-0.05, 0) is 18.3 Å². The molecule has 1 aliphatic carbocycles. The van der Waals surface area contributed by atoms with Crippen molar-refractivity contribution in [2.24, 2.45) is 17.1 Å². The minimum atomic E-state index is -0.494. The molecule has 1 amide bonds. The lowest BCUT2D eigenvalue weighted by atomic mass is 9.87. The van der Waals surface area contributed by atoms with Crippen molar-refractivity contribution in [2.75, 3.05) is 6.54 Å². The first-order chi connectivity index (χ1) is 7.32. The van der Waals surface area contributed by atoms with Crippen molar-refractivity contribution < 1.29 is 9.90 Å². The number of carbonyl (C=O) groups excluding carboxylic acids is 1. The Labute approximate surface area is 97.6 Å². The number of hydrogen-bond acceptors (Lipinski definition) is 3. The summed E-state index contributed by atoms with van der Waals surface area (Å²) in [6, 6.07) is -0.494. The Kier molecular flexibility index (Phi) is 4.33. The van der Waals surface area contributed by atoms with Crippen molar-refractivity contribution in [1.82, 2.24) is 5.32 Å². The largest absolute Gasteiger partial charge is 0.393 e. The van der Waals surface area contributed by atoms with Gasteiger partial charge in [-0.3, -0.25) is 4.79 Å². The minimum Gasteiger partial charge on any atom is -0.393 e. The van der Waals surface area contributed by atoms with E-state index in [4.69, 9.17) is 5.73 Å². The van der Waals surface area contributed by atoms with E-state index in [0.717, 1.165) is 19.3 Å². The molecular formula is C12H24N2O2. The number of rotatable bonds is 3. The molecule has 0 aromatic carbocycles. The van der Waals surface area contributed by atoms with Gasteiger partial charge in [-0.25, -0.2) is 0 Å². The standard InChI is InChI=1S/C12H24N2O2/c1-12(2,3)10(13)11(16)14-7-8-5-4-6-9(8)15/h8-10,15H,4-7,13H2,1-3H3,(H,14,16)/t8?,9?,10-/m1/s1. The third-order valence-electron chi connectivity index (χ3n) is 3.37. The van der Waals surface area contributed by atoms with Gasteiger partial charge in [0.1, 0.15) is 0 Å². The topological polar surface area (TPSA) is 75.4 Å². The van der Waals surface area contributed by atoms with E-state index in [0.29, 0.717) is 6.54 Å². The van der Waals surface area contributed by atoms with Crippen LogP contribution in [0.25, 0.3) is 0 Å². The van der Waals surface area contributed by atoms with Crippen molar-refractivity contribution in [1.29, 1.82) is 0 Å². The fourth-order valence-electron chi connectivity index (χ4n) is 1.99. The third-order valence-corrected chi connectivity index (χ3v) is 3.37. The van der Waals surface area contributed by atoms with E-state index in [1.807, 2.05) is 20.8 Å². The molecule has 0 heterocycles. The Hall–Kier alpha value is -0.610. The minimum absolute atomic E-state index is 0.119. The maximum absolute atomic E-state index is 11.7. The van der Waals surface area contributed by atoms with Gasteiger partial charge in [0, 0.05) is 12.5 Å². The second-order valence-corrected chi connectivity index (χ2v) is 5.85. The molecule has 2 unspecified atom stereocenters. The highest BCUT2D eigenvalue weighted by atomic mass is 16.3. The number of carbonyl (C=O) groups is 1. The molecule has 0 aromatic rings. The van der Waals surface area contributed by atoms with Gasteiger partial charge < -0.3 is 16.2 Å². The molecule has 4 nitrogen and oxygen atoms in total. The van der Waals surface area contributed by atoms with Gasteiger partial charge in [0.05, 0.1) is 12.1 Å². The van der Waals surface area contributed by atoms with E-state index in [1.165, 1.54) is 0 Å². The fourth-order valence-corrected chi connectivity index (χ4v) is 1.99. The summed E-state index contributed by atoms with van der Waals surface area (Å²) < 4.78 is 0. The number of amides is 1. The zero-order valence-corrected chi connectivity index (χ0v) is 10.5. The summed E-state index contributed by atoms with van der Waals surface area (Å²) in [5.74, 6) is 0.0859. The summed E-state index contributed by atoms with van der Waals surface area (Å²) in [6.45, 7) is 6.38. The average molecular weight is 228 g/mol. The van der Waals surface area contributed by atoms with Crippen LogP contribution in [0.1, 0.15) is 40.0 Å². The van der Waals surface area contributed by atoms with Crippen LogP contribution in [0, 0.1) is 11.3 Å². The Bertz CT molecular complexity index is 248. The molecule has 1 rings (SSSR count). The Morgan fingerprint density at radius 2 is 2.12 bits per heavy atom. The van der Waals surface area contributed by atoms with Crippen LogP contribution in [-0.2, 0) is 4.79 Å². The molecular weight excluding hydrogens is 204 g/mol. The van der Waals surface area contributed by atoms with Crippen molar-refractivity contribution in [3.8, 4) is 0 Å². The first-order valence-electron chi connectivity index (χ1n) is 6.03. The van der Waals surface area contributed by atoms with E-state index >= 15 is 0 Å². The molecule has 94 valence electrons. The Morgan fingerprint density at radius 3 is 2.56 bits per heavy atom. The van der Waals surface area contributed by atoms with Gasteiger partial charge >= 0.3 is 0 Å². The zero-order chi connectivity index (χ0) is 12.3. The smallest absolute Gasteiger partial charge is 0.237 e. The van der Waals surface area contributed by atoms with Gasteiger partial charge in [0.15, 0.2) is 0 Å². The lowest BCUT2D eigenvalue weighted by molar-refractivity contribution is -0.124. The van der Waals surface area contributed by atoms with Gasteiger partial charge in [-0.2, -0.15) is 0 Å². The summed E-state index contributed by atoms with van der Waals surface area (Å²) in [5.41, 5.74) is 5.62. The van der Waals surface area contributed by atoms with E-state index in [-0.39, 0.29) is 23.3 Å². The van der Waals surface area contributed by atoms with Crippen LogP contribution >= 0.6 is 0 Å². The molecule has 0 bridgehead atoms. The average Bonchev–Trinajstić information content (AvgIpc) is 2.58. The van der Waals surface area contributed by atoms with Crippen LogP contribution in [-0.4, -0.2) is 29.7 Å². The monoisotopic (exact) mass is 228 g/mol. The summed E-state index contributed by atoms with van der Waals surface area (Å²) >= 11 is 0. The molecule has 1 aliphatic rings. The lowest BCUT2D eigenvalue weighted by Crippen LogP contribution is -2.49. The quantitative estimate of drug-likeness (QED) is 0.663. The first-order valence-corrected chi connectivity index (χ1v) is 6.03. The first kappa shape index (κ1) is 13.5.